The fourth-order valence-electron chi connectivity index (χ4n) is 3.16. The second kappa shape index (κ2) is 9.59. The summed E-state index contributed by atoms with van der Waals surface area (Å²) in [5.41, 5.74) is 2.43. The Labute approximate surface area is 205 Å². The molecule has 0 radical (unpaired) electrons. The van der Waals surface area contributed by atoms with Gasteiger partial charge >= 0.3 is 0 Å². The molecule has 0 bridgehead atoms. The molecule has 0 spiro atoms. The third-order valence-corrected chi connectivity index (χ3v) is 6.95. The number of aryl methyl sites for hydroxylation is 1. The number of benzene rings is 3. The molecule has 0 atom stereocenters. The van der Waals surface area contributed by atoms with Gasteiger partial charge in [-0.05, 0) is 66.6 Å². The van der Waals surface area contributed by atoms with Crippen molar-refractivity contribution in [3.63, 3.8) is 0 Å². The largest absolute Gasteiger partial charge is 0.350 e. The van der Waals surface area contributed by atoms with E-state index in [1.165, 1.54) is 23.4 Å². The standard InChI is InChI=1S/C24H17Cl3N2O2S/c1-2-14-3-7-16(8-4-14)28-21-22(32-18-10-5-15(25)6-11-18)24(31)29(23(21)30)17-9-12-19(26)20(27)13-17/h3-13,28H,2H2,1H3. The van der Waals surface area contributed by atoms with Gasteiger partial charge < -0.3 is 5.32 Å². The van der Waals surface area contributed by atoms with E-state index in [1.807, 2.05) is 24.3 Å². The summed E-state index contributed by atoms with van der Waals surface area (Å²) in [6.07, 6.45) is 0.906. The lowest BCUT2D eigenvalue weighted by molar-refractivity contribution is -0.120. The topological polar surface area (TPSA) is 49.4 Å². The average Bonchev–Trinajstić information content (AvgIpc) is 3.01. The number of hydrogen-bond acceptors (Lipinski definition) is 4. The molecule has 0 aromatic heterocycles. The first-order valence-electron chi connectivity index (χ1n) is 9.75. The van der Waals surface area contributed by atoms with Crippen molar-refractivity contribution in [2.45, 2.75) is 18.2 Å². The molecule has 2 amide bonds. The lowest BCUT2D eigenvalue weighted by Crippen LogP contribution is -2.32. The van der Waals surface area contributed by atoms with Gasteiger partial charge in [-0.2, -0.15) is 0 Å². The molecule has 0 saturated heterocycles. The normalized spacial score (nSPS) is 13.8. The number of halogens is 3. The second-order valence-corrected chi connectivity index (χ2v) is 9.31. The molecule has 1 aliphatic heterocycles. The number of nitrogens with zero attached hydrogens (tertiary/aromatic N) is 1. The zero-order chi connectivity index (χ0) is 22.8. The Morgan fingerprint density at radius 2 is 1.53 bits per heavy atom. The molecule has 4 rings (SSSR count). The number of anilines is 2. The summed E-state index contributed by atoms with van der Waals surface area (Å²) in [5, 5.41) is 4.33. The number of hydrogen-bond donors (Lipinski definition) is 1. The molecular formula is C24H17Cl3N2O2S. The maximum absolute atomic E-state index is 13.4. The summed E-state index contributed by atoms with van der Waals surface area (Å²) in [6.45, 7) is 2.07. The van der Waals surface area contributed by atoms with Gasteiger partial charge in [0.05, 0.1) is 15.7 Å². The van der Waals surface area contributed by atoms with Crippen LogP contribution in [0.4, 0.5) is 11.4 Å². The van der Waals surface area contributed by atoms with Gasteiger partial charge in [-0.1, -0.05) is 65.6 Å². The van der Waals surface area contributed by atoms with Crippen molar-refractivity contribution in [3.05, 3.63) is 98.0 Å². The van der Waals surface area contributed by atoms with Gasteiger partial charge in [0.2, 0.25) is 0 Å². The Morgan fingerprint density at radius 3 is 2.16 bits per heavy atom. The Balaban J connectivity index is 1.73. The molecule has 162 valence electrons. The van der Waals surface area contributed by atoms with Crippen LogP contribution in [-0.4, -0.2) is 11.8 Å². The molecule has 1 aliphatic rings. The molecule has 4 nitrogen and oxygen atoms in total. The SMILES string of the molecule is CCc1ccc(NC2=C(Sc3ccc(Cl)cc3)C(=O)N(c3ccc(Cl)c(Cl)c3)C2=O)cc1. The van der Waals surface area contributed by atoms with Crippen LogP contribution in [0.15, 0.2) is 82.2 Å². The van der Waals surface area contributed by atoms with Crippen LogP contribution in [0.25, 0.3) is 0 Å². The molecule has 0 fully saturated rings. The van der Waals surface area contributed by atoms with E-state index in [0.717, 1.165) is 16.2 Å². The van der Waals surface area contributed by atoms with E-state index in [4.69, 9.17) is 34.8 Å². The van der Waals surface area contributed by atoms with Gasteiger partial charge in [-0.3, -0.25) is 9.59 Å². The van der Waals surface area contributed by atoms with Crippen LogP contribution in [-0.2, 0) is 16.0 Å². The molecule has 3 aromatic carbocycles. The summed E-state index contributed by atoms with van der Waals surface area (Å²) in [4.78, 5) is 28.9. The molecule has 32 heavy (non-hydrogen) atoms. The first kappa shape index (κ1) is 22.7. The Kier molecular flexibility index (Phi) is 6.82. The highest BCUT2D eigenvalue weighted by Crippen LogP contribution is 2.39. The number of carbonyl (C=O) groups excluding carboxylic acids is 2. The van der Waals surface area contributed by atoms with Gasteiger partial charge in [0, 0.05) is 15.6 Å². The number of carbonyl (C=O) groups is 2. The Bertz CT molecular complexity index is 1220. The zero-order valence-corrected chi connectivity index (χ0v) is 19.9. The highest BCUT2D eigenvalue weighted by atomic mass is 35.5. The molecule has 0 aliphatic carbocycles. The molecule has 1 heterocycles. The van der Waals surface area contributed by atoms with Gasteiger partial charge in [-0.15, -0.1) is 0 Å². The predicted molar refractivity (Wildman–Crippen MR) is 133 cm³/mol. The van der Waals surface area contributed by atoms with Crippen molar-refractivity contribution < 1.29 is 9.59 Å². The maximum Gasteiger partial charge on any atom is 0.283 e. The third kappa shape index (κ3) is 4.66. The highest BCUT2D eigenvalue weighted by Gasteiger charge is 2.40. The lowest BCUT2D eigenvalue weighted by Gasteiger charge is -2.16. The van der Waals surface area contributed by atoms with Crippen molar-refractivity contribution in [2.24, 2.45) is 0 Å². The molecule has 0 unspecified atom stereocenters. The van der Waals surface area contributed by atoms with Crippen molar-refractivity contribution in [3.8, 4) is 0 Å². The molecule has 1 N–H and O–H groups in total. The summed E-state index contributed by atoms with van der Waals surface area (Å²) < 4.78 is 0. The number of amides is 2. The van der Waals surface area contributed by atoms with E-state index in [9.17, 15) is 9.59 Å². The van der Waals surface area contributed by atoms with Crippen LogP contribution in [0.1, 0.15) is 12.5 Å². The minimum Gasteiger partial charge on any atom is -0.350 e. The summed E-state index contributed by atoms with van der Waals surface area (Å²) in [7, 11) is 0. The number of thioether (sulfide) groups is 1. The van der Waals surface area contributed by atoms with Crippen molar-refractivity contribution in [1.82, 2.24) is 0 Å². The Hall–Kier alpha value is -2.44. The van der Waals surface area contributed by atoms with E-state index in [1.54, 1.807) is 36.4 Å². The first-order valence-corrected chi connectivity index (χ1v) is 11.7. The van der Waals surface area contributed by atoms with E-state index in [2.05, 4.69) is 12.2 Å². The van der Waals surface area contributed by atoms with E-state index < -0.39 is 11.8 Å². The van der Waals surface area contributed by atoms with Gasteiger partial charge in [0.1, 0.15) is 10.6 Å². The van der Waals surface area contributed by atoms with Crippen LogP contribution >= 0.6 is 46.6 Å². The number of imide groups is 1. The van der Waals surface area contributed by atoms with Crippen LogP contribution < -0.4 is 10.2 Å². The van der Waals surface area contributed by atoms with E-state index in [-0.39, 0.29) is 15.6 Å². The highest BCUT2D eigenvalue weighted by molar-refractivity contribution is 8.04. The van der Waals surface area contributed by atoms with Crippen LogP contribution in [0, 0.1) is 0 Å². The van der Waals surface area contributed by atoms with Crippen LogP contribution in [0.3, 0.4) is 0 Å². The zero-order valence-electron chi connectivity index (χ0n) is 16.9. The van der Waals surface area contributed by atoms with Gasteiger partial charge in [0.15, 0.2) is 0 Å². The summed E-state index contributed by atoms with van der Waals surface area (Å²) in [6, 6.07) is 19.4. The molecular weight excluding hydrogens is 487 g/mol. The van der Waals surface area contributed by atoms with Crippen molar-refractivity contribution >= 4 is 69.8 Å². The Morgan fingerprint density at radius 1 is 0.844 bits per heavy atom. The quantitative estimate of drug-likeness (QED) is 0.361. The van der Waals surface area contributed by atoms with E-state index in [0.29, 0.717) is 21.4 Å². The number of nitrogens with one attached hydrogen (secondary N) is 1. The average molecular weight is 504 g/mol. The minimum absolute atomic E-state index is 0.199. The lowest BCUT2D eigenvalue weighted by atomic mass is 10.1. The van der Waals surface area contributed by atoms with Crippen molar-refractivity contribution in [2.75, 3.05) is 10.2 Å². The predicted octanol–water partition coefficient (Wildman–Crippen LogP) is 7.20. The first-order chi connectivity index (χ1) is 15.4. The maximum atomic E-state index is 13.4. The summed E-state index contributed by atoms with van der Waals surface area (Å²) in [5.74, 6) is -0.912. The molecule has 0 saturated carbocycles. The fourth-order valence-corrected chi connectivity index (χ4v) is 4.51. The van der Waals surface area contributed by atoms with E-state index >= 15 is 0 Å². The van der Waals surface area contributed by atoms with Gasteiger partial charge in [-0.25, -0.2) is 4.90 Å². The van der Waals surface area contributed by atoms with Gasteiger partial charge in [0.25, 0.3) is 11.8 Å². The second-order valence-electron chi connectivity index (χ2n) is 6.98. The number of rotatable bonds is 6. The van der Waals surface area contributed by atoms with Crippen molar-refractivity contribution in [1.29, 1.82) is 0 Å². The van der Waals surface area contributed by atoms with Crippen LogP contribution in [0.2, 0.25) is 15.1 Å². The fraction of sp³-hybridized carbons (Fsp3) is 0.0833. The molecule has 8 heteroatoms. The summed E-state index contributed by atoms with van der Waals surface area (Å²) >= 11 is 19.3. The minimum atomic E-state index is -0.468. The van der Waals surface area contributed by atoms with Crippen LogP contribution in [0.5, 0.6) is 0 Å². The molecule has 3 aromatic rings. The third-order valence-electron chi connectivity index (χ3n) is 4.87. The monoisotopic (exact) mass is 502 g/mol. The smallest absolute Gasteiger partial charge is 0.283 e.